The SMILES string of the molecule is CCOc1ccc(C2CCC(c3ccc(C4CC(C)(C)N(CC)C(C)(C)C4)cc3)CC2)cc1. The van der Waals surface area contributed by atoms with Crippen LogP contribution in [0.2, 0.25) is 0 Å². The van der Waals surface area contributed by atoms with Crippen LogP contribution in [0.4, 0.5) is 0 Å². The van der Waals surface area contributed by atoms with Crippen LogP contribution in [0.25, 0.3) is 0 Å². The van der Waals surface area contributed by atoms with Crippen molar-refractivity contribution in [2.45, 2.75) is 109 Å². The average molecular weight is 448 g/mol. The van der Waals surface area contributed by atoms with E-state index in [1.54, 1.807) is 11.1 Å². The lowest BCUT2D eigenvalue weighted by molar-refractivity contribution is -0.0316. The van der Waals surface area contributed by atoms with Gasteiger partial charge in [0, 0.05) is 11.1 Å². The molecule has 1 saturated heterocycles. The largest absolute Gasteiger partial charge is 0.494 e. The zero-order valence-corrected chi connectivity index (χ0v) is 21.9. The zero-order valence-electron chi connectivity index (χ0n) is 21.9. The molecule has 2 aromatic carbocycles. The molecular formula is C31H45NO. The van der Waals surface area contributed by atoms with E-state index in [-0.39, 0.29) is 11.1 Å². The topological polar surface area (TPSA) is 12.5 Å². The summed E-state index contributed by atoms with van der Waals surface area (Å²) in [6.07, 6.45) is 7.67. The monoisotopic (exact) mass is 447 g/mol. The molecule has 0 atom stereocenters. The van der Waals surface area contributed by atoms with Crippen molar-refractivity contribution < 1.29 is 4.74 Å². The van der Waals surface area contributed by atoms with Crippen molar-refractivity contribution in [1.82, 2.24) is 4.90 Å². The fourth-order valence-corrected chi connectivity index (χ4v) is 7.21. The minimum atomic E-state index is 0.249. The number of nitrogens with zero attached hydrogens (tertiary/aromatic N) is 1. The highest BCUT2D eigenvalue weighted by molar-refractivity contribution is 5.32. The Morgan fingerprint density at radius 3 is 1.45 bits per heavy atom. The molecule has 2 heteroatoms. The van der Waals surface area contributed by atoms with Crippen LogP contribution in [-0.4, -0.2) is 29.1 Å². The molecule has 0 unspecified atom stereocenters. The van der Waals surface area contributed by atoms with Crippen molar-refractivity contribution in [2.75, 3.05) is 13.2 Å². The number of rotatable bonds is 6. The van der Waals surface area contributed by atoms with E-state index >= 15 is 0 Å². The molecule has 0 aromatic heterocycles. The number of ether oxygens (including phenoxy) is 1. The molecule has 2 aliphatic rings. The zero-order chi connectivity index (χ0) is 23.6. The number of benzene rings is 2. The minimum Gasteiger partial charge on any atom is -0.494 e. The third-order valence-electron chi connectivity index (χ3n) is 8.54. The Kier molecular flexibility index (Phi) is 7.24. The maximum atomic E-state index is 5.61. The van der Waals surface area contributed by atoms with Gasteiger partial charge in [-0.05, 0) is 126 Å². The van der Waals surface area contributed by atoms with Gasteiger partial charge in [0.15, 0.2) is 0 Å². The molecule has 1 aliphatic carbocycles. The summed E-state index contributed by atoms with van der Waals surface area (Å²) in [6, 6.07) is 18.6. The molecule has 4 rings (SSSR count). The van der Waals surface area contributed by atoms with E-state index in [1.807, 2.05) is 6.92 Å². The predicted octanol–water partition coefficient (Wildman–Crippen LogP) is 8.28. The summed E-state index contributed by atoms with van der Waals surface area (Å²) in [7, 11) is 0. The smallest absolute Gasteiger partial charge is 0.119 e. The van der Waals surface area contributed by atoms with Crippen LogP contribution < -0.4 is 4.74 Å². The fourth-order valence-electron chi connectivity index (χ4n) is 7.21. The molecule has 1 aliphatic heterocycles. The summed E-state index contributed by atoms with van der Waals surface area (Å²) in [6.45, 7) is 15.9. The molecule has 1 saturated carbocycles. The van der Waals surface area contributed by atoms with Crippen LogP contribution >= 0.6 is 0 Å². The third kappa shape index (κ3) is 5.32. The van der Waals surface area contributed by atoms with E-state index in [2.05, 4.69) is 88.0 Å². The van der Waals surface area contributed by atoms with Crippen LogP contribution in [0.3, 0.4) is 0 Å². The first kappa shape index (κ1) is 24.3. The molecule has 0 amide bonds. The fraction of sp³-hybridized carbons (Fsp3) is 0.613. The summed E-state index contributed by atoms with van der Waals surface area (Å²) in [4.78, 5) is 2.70. The molecule has 1 heterocycles. The second-order valence-electron chi connectivity index (χ2n) is 11.7. The van der Waals surface area contributed by atoms with E-state index < -0.39 is 0 Å². The van der Waals surface area contributed by atoms with Gasteiger partial charge in [-0.15, -0.1) is 0 Å². The number of likely N-dealkylation sites (tertiary alicyclic amines) is 1. The van der Waals surface area contributed by atoms with Crippen LogP contribution in [0.1, 0.15) is 115 Å². The lowest BCUT2D eigenvalue weighted by atomic mass is 9.71. The minimum absolute atomic E-state index is 0.249. The first-order chi connectivity index (χ1) is 15.7. The summed E-state index contributed by atoms with van der Waals surface area (Å²) < 4.78 is 5.61. The third-order valence-corrected chi connectivity index (χ3v) is 8.54. The Bertz CT molecular complexity index is 870. The molecule has 2 aromatic rings. The van der Waals surface area contributed by atoms with E-state index in [4.69, 9.17) is 4.74 Å². The quantitative estimate of drug-likeness (QED) is 0.442. The molecule has 0 bridgehead atoms. The lowest BCUT2D eigenvalue weighted by Gasteiger charge is -2.55. The van der Waals surface area contributed by atoms with Crippen molar-refractivity contribution in [2.24, 2.45) is 0 Å². The Labute approximate surface area is 202 Å². The predicted molar refractivity (Wildman–Crippen MR) is 141 cm³/mol. The van der Waals surface area contributed by atoms with Gasteiger partial charge < -0.3 is 4.74 Å². The van der Waals surface area contributed by atoms with Crippen LogP contribution in [0, 0.1) is 0 Å². The summed E-state index contributed by atoms with van der Waals surface area (Å²) >= 11 is 0. The van der Waals surface area contributed by atoms with Crippen molar-refractivity contribution in [3.8, 4) is 5.75 Å². The Morgan fingerprint density at radius 2 is 1.06 bits per heavy atom. The van der Waals surface area contributed by atoms with Crippen molar-refractivity contribution >= 4 is 0 Å². The van der Waals surface area contributed by atoms with Gasteiger partial charge in [-0.1, -0.05) is 43.3 Å². The number of hydrogen-bond donors (Lipinski definition) is 0. The van der Waals surface area contributed by atoms with Gasteiger partial charge in [0.2, 0.25) is 0 Å². The molecule has 180 valence electrons. The number of piperidine rings is 1. The molecule has 33 heavy (non-hydrogen) atoms. The van der Waals surface area contributed by atoms with Gasteiger partial charge >= 0.3 is 0 Å². The van der Waals surface area contributed by atoms with Gasteiger partial charge in [0.1, 0.15) is 5.75 Å². The Hall–Kier alpha value is -1.80. The average Bonchev–Trinajstić information content (AvgIpc) is 2.79. The lowest BCUT2D eigenvalue weighted by Crippen LogP contribution is -2.59. The highest BCUT2D eigenvalue weighted by Gasteiger charge is 2.44. The molecule has 2 fully saturated rings. The van der Waals surface area contributed by atoms with Gasteiger partial charge in [0.05, 0.1) is 6.61 Å². The van der Waals surface area contributed by atoms with Crippen LogP contribution in [-0.2, 0) is 0 Å². The van der Waals surface area contributed by atoms with E-state index in [0.717, 1.165) is 18.9 Å². The second kappa shape index (κ2) is 9.82. The highest BCUT2D eigenvalue weighted by Crippen LogP contribution is 2.46. The van der Waals surface area contributed by atoms with Crippen molar-refractivity contribution in [1.29, 1.82) is 0 Å². The van der Waals surface area contributed by atoms with Gasteiger partial charge in [-0.3, -0.25) is 4.90 Å². The maximum absolute atomic E-state index is 5.61. The first-order valence-corrected chi connectivity index (χ1v) is 13.3. The Balaban J connectivity index is 1.37. The van der Waals surface area contributed by atoms with Crippen molar-refractivity contribution in [3.63, 3.8) is 0 Å². The van der Waals surface area contributed by atoms with Crippen LogP contribution in [0.5, 0.6) is 5.75 Å². The summed E-state index contributed by atoms with van der Waals surface area (Å²) in [5.41, 5.74) is 5.07. The molecule has 2 nitrogen and oxygen atoms in total. The normalized spacial score (nSPS) is 25.6. The van der Waals surface area contributed by atoms with Crippen LogP contribution in [0.15, 0.2) is 48.5 Å². The van der Waals surface area contributed by atoms with E-state index in [9.17, 15) is 0 Å². The second-order valence-corrected chi connectivity index (χ2v) is 11.7. The van der Waals surface area contributed by atoms with Crippen molar-refractivity contribution in [3.05, 3.63) is 65.2 Å². The molecule has 0 N–H and O–H groups in total. The number of hydrogen-bond acceptors (Lipinski definition) is 2. The van der Waals surface area contributed by atoms with Gasteiger partial charge in [-0.25, -0.2) is 0 Å². The van der Waals surface area contributed by atoms with Gasteiger partial charge in [0.25, 0.3) is 0 Å². The molecular weight excluding hydrogens is 402 g/mol. The van der Waals surface area contributed by atoms with E-state index in [0.29, 0.717) is 17.8 Å². The first-order valence-electron chi connectivity index (χ1n) is 13.3. The maximum Gasteiger partial charge on any atom is 0.119 e. The summed E-state index contributed by atoms with van der Waals surface area (Å²) in [5.74, 6) is 3.06. The highest BCUT2D eigenvalue weighted by atomic mass is 16.5. The summed E-state index contributed by atoms with van der Waals surface area (Å²) in [5, 5.41) is 0. The standard InChI is InChI=1S/C31H45NO/c1-7-32-30(3,4)21-28(22-31(32,5)6)27-15-13-24(14-16-27)23-9-11-25(12-10-23)26-17-19-29(20-18-26)33-8-2/h13-20,23,25,28H,7-12,21-22H2,1-6H3. The van der Waals surface area contributed by atoms with Gasteiger partial charge in [-0.2, -0.15) is 0 Å². The Morgan fingerprint density at radius 1 is 0.667 bits per heavy atom. The molecule has 0 radical (unpaired) electrons. The molecule has 0 spiro atoms. The van der Waals surface area contributed by atoms with E-state index in [1.165, 1.54) is 44.1 Å².